The molecular weight excluding hydrogens is 312 g/mol. The van der Waals surface area contributed by atoms with Crippen LogP contribution in [0.4, 0.5) is 11.6 Å². The molecule has 2 rings (SSSR count). The van der Waals surface area contributed by atoms with Crippen molar-refractivity contribution in [3.63, 3.8) is 0 Å². The number of nitrogens with zero attached hydrogens (tertiary/aromatic N) is 2. The Hall–Kier alpha value is -1.86. The Morgan fingerprint density at radius 3 is 2.33 bits per heavy atom. The maximum atomic E-state index is 12.4. The summed E-state index contributed by atoms with van der Waals surface area (Å²) in [6, 6.07) is 4.67. The van der Waals surface area contributed by atoms with Gasteiger partial charge in [-0.3, -0.25) is 0 Å². The summed E-state index contributed by atoms with van der Waals surface area (Å²) in [5, 5.41) is 0.160. The molecule has 0 aliphatic carbocycles. The number of nitrogen functional groups attached to an aromatic ring is 1. The van der Waals surface area contributed by atoms with Gasteiger partial charge in [0, 0.05) is 5.69 Å². The SMILES string of the molecule is Cc1cc(Cl)nc(NS(=O)(=O)c2cc(C)c(C)cc2N)n1. The Morgan fingerprint density at radius 2 is 1.71 bits per heavy atom. The fraction of sp³-hybridized carbons (Fsp3) is 0.231. The van der Waals surface area contributed by atoms with E-state index in [0.717, 1.165) is 11.1 Å². The monoisotopic (exact) mass is 326 g/mol. The molecule has 1 aromatic heterocycles. The summed E-state index contributed by atoms with van der Waals surface area (Å²) >= 11 is 5.79. The molecule has 0 radical (unpaired) electrons. The summed E-state index contributed by atoms with van der Waals surface area (Å²) in [6.45, 7) is 5.36. The molecule has 0 saturated carbocycles. The van der Waals surface area contributed by atoms with Crippen molar-refractivity contribution in [1.29, 1.82) is 0 Å². The Bertz CT molecular complexity index is 786. The van der Waals surface area contributed by atoms with Crippen LogP contribution in [0.15, 0.2) is 23.1 Å². The number of benzene rings is 1. The highest BCUT2D eigenvalue weighted by molar-refractivity contribution is 7.92. The van der Waals surface area contributed by atoms with Gasteiger partial charge < -0.3 is 5.73 Å². The van der Waals surface area contributed by atoms with E-state index in [1.165, 1.54) is 12.1 Å². The molecule has 0 spiro atoms. The first-order valence-electron chi connectivity index (χ1n) is 6.10. The van der Waals surface area contributed by atoms with Crippen LogP contribution in [0.3, 0.4) is 0 Å². The van der Waals surface area contributed by atoms with E-state index in [1.54, 1.807) is 13.0 Å². The molecule has 112 valence electrons. The molecule has 0 aliphatic heterocycles. The first kappa shape index (κ1) is 15.5. The van der Waals surface area contributed by atoms with Crippen molar-refractivity contribution >= 4 is 33.3 Å². The van der Waals surface area contributed by atoms with Crippen LogP contribution in [-0.2, 0) is 10.0 Å². The number of halogens is 1. The predicted octanol–water partition coefficient (Wildman–Crippen LogP) is 2.44. The van der Waals surface area contributed by atoms with E-state index in [-0.39, 0.29) is 21.7 Å². The highest BCUT2D eigenvalue weighted by atomic mass is 35.5. The van der Waals surface area contributed by atoms with Crippen LogP contribution in [0.5, 0.6) is 0 Å². The van der Waals surface area contributed by atoms with Crippen LogP contribution in [0.2, 0.25) is 5.15 Å². The number of nitrogens with two attached hydrogens (primary N) is 1. The van der Waals surface area contributed by atoms with Crippen molar-refractivity contribution in [1.82, 2.24) is 9.97 Å². The lowest BCUT2D eigenvalue weighted by Crippen LogP contribution is -2.17. The van der Waals surface area contributed by atoms with E-state index in [0.29, 0.717) is 5.69 Å². The minimum Gasteiger partial charge on any atom is -0.398 e. The molecule has 0 saturated heterocycles. The number of aryl methyl sites for hydroxylation is 3. The minimum atomic E-state index is -3.88. The van der Waals surface area contributed by atoms with Crippen molar-refractivity contribution < 1.29 is 8.42 Å². The number of sulfonamides is 1. The first-order valence-corrected chi connectivity index (χ1v) is 7.96. The van der Waals surface area contributed by atoms with Gasteiger partial charge in [-0.05, 0) is 50.1 Å². The van der Waals surface area contributed by atoms with Crippen LogP contribution in [0, 0.1) is 20.8 Å². The van der Waals surface area contributed by atoms with Gasteiger partial charge in [-0.1, -0.05) is 11.6 Å². The van der Waals surface area contributed by atoms with Crippen molar-refractivity contribution in [2.75, 3.05) is 10.5 Å². The maximum absolute atomic E-state index is 12.4. The van der Waals surface area contributed by atoms with Gasteiger partial charge >= 0.3 is 0 Å². The van der Waals surface area contributed by atoms with Crippen LogP contribution >= 0.6 is 11.6 Å². The zero-order chi connectivity index (χ0) is 15.8. The van der Waals surface area contributed by atoms with Gasteiger partial charge in [-0.25, -0.2) is 23.1 Å². The Kier molecular flexibility index (Phi) is 4.06. The molecule has 1 aromatic carbocycles. The molecule has 0 unspecified atom stereocenters. The largest absolute Gasteiger partial charge is 0.398 e. The fourth-order valence-electron chi connectivity index (χ4n) is 1.80. The van der Waals surface area contributed by atoms with Gasteiger partial charge in [0.1, 0.15) is 10.0 Å². The molecule has 0 bridgehead atoms. The maximum Gasteiger partial charge on any atom is 0.266 e. The molecule has 3 N–H and O–H groups in total. The van der Waals surface area contributed by atoms with Gasteiger partial charge in [0.15, 0.2) is 0 Å². The molecular formula is C13H15ClN4O2S. The Morgan fingerprint density at radius 1 is 1.10 bits per heavy atom. The van der Waals surface area contributed by atoms with E-state index in [4.69, 9.17) is 17.3 Å². The summed E-state index contributed by atoms with van der Waals surface area (Å²) in [7, 11) is -3.88. The summed E-state index contributed by atoms with van der Waals surface area (Å²) in [5.41, 5.74) is 8.28. The lowest BCUT2D eigenvalue weighted by Gasteiger charge is -2.11. The van der Waals surface area contributed by atoms with Crippen molar-refractivity contribution in [2.45, 2.75) is 25.7 Å². The average Bonchev–Trinajstić information content (AvgIpc) is 2.31. The van der Waals surface area contributed by atoms with Crippen LogP contribution < -0.4 is 10.5 Å². The fourth-order valence-corrected chi connectivity index (χ4v) is 3.18. The Labute approximate surface area is 128 Å². The van der Waals surface area contributed by atoms with E-state index >= 15 is 0 Å². The zero-order valence-corrected chi connectivity index (χ0v) is 13.4. The average molecular weight is 327 g/mol. The van der Waals surface area contributed by atoms with Crippen molar-refractivity contribution in [3.8, 4) is 0 Å². The lowest BCUT2D eigenvalue weighted by molar-refractivity contribution is 0.601. The first-order chi connectivity index (χ1) is 9.69. The molecule has 2 aromatic rings. The Balaban J connectivity index is 2.45. The second-order valence-electron chi connectivity index (χ2n) is 4.74. The van der Waals surface area contributed by atoms with Gasteiger partial charge in [-0.2, -0.15) is 0 Å². The third-order valence-corrected chi connectivity index (χ3v) is 4.54. The molecule has 0 fully saturated rings. The summed E-state index contributed by atoms with van der Waals surface area (Å²) in [4.78, 5) is 7.82. The summed E-state index contributed by atoms with van der Waals surface area (Å²) in [5.74, 6) is -0.0855. The molecule has 1 heterocycles. The molecule has 8 heteroatoms. The van der Waals surface area contributed by atoms with Crippen LogP contribution in [0.1, 0.15) is 16.8 Å². The third kappa shape index (κ3) is 3.43. The number of nitrogens with one attached hydrogen (secondary N) is 1. The molecule has 21 heavy (non-hydrogen) atoms. The highest BCUT2D eigenvalue weighted by Gasteiger charge is 2.20. The third-order valence-electron chi connectivity index (χ3n) is 2.96. The molecule has 0 aliphatic rings. The normalized spacial score (nSPS) is 11.4. The predicted molar refractivity (Wildman–Crippen MR) is 82.9 cm³/mol. The van der Waals surface area contributed by atoms with Gasteiger partial charge in [-0.15, -0.1) is 0 Å². The van der Waals surface area contributed by atoms with Gasteiger partial charge in [0.05, 0.1) is 5.69 Å². The van der Waals surface area contributed by atoms with E-state index in [9.17, 15) is 8.42 Å². The van der Waals surface area contributed by atoms with Gasteiger partial charge in [0.2, 0.25) is 5.95 Å². The summed E-state index contributed by atoms with van der Waals surface area (Å²) in [6.07, 6.45) is 0. The summed E-state index contributed by atoms with van der Waals surface area (Å²) < 4.78 is 27.1. The van der Waals surface area contributed by atoms with Crippen LogP contribution in [0.25, 0.3) is 0 Å². The smallest absolute Gasteiger partial charge is 0.266 e. The number of anilines is 2. The van der Waals surface area contributed by atoms with E-state index in [2.05, 4.69) is 14.7 Å². The zero-order valence-electron chi connectivity index (χ0n) is 11.8. The van der Waals surface area contributed by atoms with E-state index < -0.39 is 10.0 Å². The topological polar surface area (TPSA) is 98.0 Å². The van der Waals surface area contributed by atoms with Crippen molar-refractivity contribution in [2.24, 2.45) is 0 Å². The number of rotatable bonds is 3. The van der Waals surface area contributed by atoms with Gasteiger partial charge in [0.25, 0.3) is 10.0 Å². The lowest BCUT2D eigenvalue weighted by atomic mass is 10.1. The minimum absolute atomic E-state index is 0.00757. The second kappa shape index (κ2) is 5.50. The number of hydrogen-bond acceptors (Lipinski definition) is 5. The van der Waals surface area contributed by atoms with E-state index in [1.807, 2.05) is 13.8 Å². The second-order valence-corrected chi connectivity index (χ2v) is 6.77. The standard InChI is InChI=1S/C13H15ClN4O2S/c1-7-4-10(15)11(5-8(7)2)21(19,20)18-13-16-9(3)6-12(14)17-13/h4-6H,15H2,1-3H3,(H,16,17,18). The van der Waals surface area contributed by atoms with Crippen molar-refractivity contribution in [3.05, 3.63) is 40.2 Å². The number of hydrogen-bond donors (Lipinski definition) is 2. The molecule has 6 nitrogen and oxygen atoms in total. The number of aromatic nitrogens is 2. The molecule has 0 atom stereocenters. The highest BCUT2D eigenvalue weighted by Crippen LogP contribution is 2.24. The quantitative estimate of drug-likeness (QED) is 0.666. The molecule has 0 amide bonds. The van der Waals surface area contributed by atoms with Crippen LogP contribution in [-0.4, -0.2) is 18.4 Å².